The van der Waals surface area contributed by atoms with Crippen LogP contribution >= 0.6 is 0 Å². The molecule has 1 aromatic carbocycles. The monoisotopic (exact) mass is 215 g/mol. The van der Waals surface area contributed by atoms with Crippen LogP contribution in [0.1, 0.15) is 50.5 Å². The highest BCUT2D eigenvalue weighted by molar-refractivity contribution is 5.33. The molecule has 2 aliphatic carbocycles. The van der Waals surface area contributed by atoms with Crippen molar-refractivity contribution in [2.24, 2.45) is 5.73 Å². The van der Waals surface area contributed by atoms with E-state index in [1.54, 1.807) is 0 Å². The van der Waals surface area contributed by atoms with E-state index in [-0.39, 0.29) is 5.54 Å². The highest BCUT2D eigenvalue weighted by Crippen LogP contribution is 2.54. The second kappa shape index (κ2) is 3.59. The van der Waals surface area contributed by atoms with Gasteiger partial charge in [0.2, 0.25) is 0 Å². The number of rotatable bonds is 2. The van der Waals surface area contributed by atoms with Crippen molar-refractivity contribution in [1.82, 2.24) is 0 Å². The highest BCUT2D eigenvalue weighted by atomic mass is 14.8. The molecule has 0 atom stereocenters. The van der Waals surface area contributed by atoms with Gasteiger partial charge in [0.1, 0.15) is 0 Å². The summed E-state index contributed by atoms with van der Waals surface area (Å²) in [5, 5.41) is 0. The van der Waals surface area contributed by atoms with Gasteiger partial charge in [-0.15, -0.1) is 0 Å². The molecule has 86 valence electrons. The van der Waals surface area contributed by atoms with E-state index in [2.05, 4.69) is 30.3 Å². The summed E-state index contributed by atoms with van der Waals surface area (Å²) in [6.07, 6.45) is 9.08. The zero-order chi connectivity index (χ0) is 11.1. The van der Waals surface area contributed by atoms with Crippen LogP contribution in [0.3, 0.4) is 0 Å². The van der Waals surface area contributed by atoms with Gasteiger partial charge in [0, 0.05) is 11.0 Å². The molecule has 1 aromatic rings. The molecule has 0 bridgehead atoms. The van der Waals surface area contributed by atoms with Crippen LogP contribution in [-0.4, -0.2) is 5.54 Å². The van der Waals surface area contributed by atoms with Crippen LogP contribution in [0.2, 0.25) is 0 Å². The molecular weight excluding hydrogens is 194 g/mol. The van der Waals surface area contributed by atoms with E-state index in [4.69, 9.17) is 5.73 Å². The van der Waals surface area contributed by atoms with Crippen molar-refractivity contribution >= 4 is 0 Å². The number of hydrogen-bond acceptors (Lipinski definition) is 1. The second-order valence-electron chi connectivity index (χ2n) is 5.66. The van der Waals surface area contributed by atoms with Crippen LogP contribution in [-0.2, 0) is 5.41 Å². The van der Waals surface area contributed by atoms with Gasteiger partial charge in [0.05, 0.1) is 0 Å². The van der Waals surface area contributed by atoms with Crippen LogP contribution < -0.4 is 5.73 Å². The summed E-state index contributed by atoms with van der Waals surface area (Å²) in [6, 6.07) is 11.0. The third-order valence-corrected chi connectivity index (χ3v) is 4.98. The minimum absolute atomic E-state index is 0.102. The molecule has 0 spiro atoms. The van der Waals surface area contributed by atoms with Gasteiger partial charge >= 0.3 is 0 Å². The summed E-state index contributed by atoms with van der Waals surface area (Å²) in [5.74, 6) is 0. The van der Waals surface area contributed by atoms with E-state index in [0.29, 0.717) is 5.41 Å². The Morgan fingerprint density at radius 1 is 0.812 bits per heavy atom. The molecule has 0 aromatic heterocycles. The van der Waals surface area contributed by atoms with E-state index in [0.717, 1.165) is 0 Å². The standard InChI is InChI=1S/C15H21N/c16-15(11-6-12-15)14(9-4-5-10-14)13-7-2-1-3-8-13/h1-3,7-8H,4-6,9-12,16H2. The van der Waals surface area contributed by atoms with Crippen molar-refractivity contribution in [2.75, 3.05) is 0 Å². The lowest BCUT2D eigenvalue weighted by molar-refractivity contribution is 0.117. The predicted molar refractivity (Wildman–Crippen MR) is 67.4 cm³/mol. The molecule has 3 rings (SSSR count). The van der Waals surface area contributed by atoms with E-state index in [9.17, 15) is 0 Å². The number of hydrogen-bond donors (Lipinski definition) is 1. The van der Waals surface area contributed by atoms with Crippen LogP contribution in [0.4, 0.5) is 0 Å². The van der Waals surface area contributed by atoms with Crippen molar-refractivity contribution in [1.29, 1.82) is 0 Å². The smallest absolute Gasteiger partial charge is 0.0252 e. The number of nitrogens with two attached hydrogens (primary N) is 1. The van der Waals surface area contributed by atoms with E-state index in [1.165, 1.54) is 50.5 Å². The quantitative estimate of drug-likeness (QED) is 0.804. The van der Waals surface area contributed by atoms with Crippen LogP contribution in [0, 0.1) is 0 Å². The summed E-state index contributed by atoms with van der Waals surface area (Å²) in [7, 11) is 0. The lowest BCUT2D eigenvalue weighted by Gasteiger charge is -2.53. The Morgan fingerprint density at radius 2 is 1.44 bits per heavy atom. The predicted octanol–water partition coefficient (Wildman–Crippen LogP) is 3.38. The second-order valence-corrected chi connectivity index (χ2v) is 5.66. The van der Waals surface area contributed by atoms with Crippen molar-refractivity contribution < 1.29 is 0 Å². The third kappa shape index (κ3) is 1.27. The Bertz CT molecular complexity index is 358. The third-order valence-electron chi connectivity index (χ3n) is 4.98. The molecule has 1 nitrogen and oxygen atoms in total. The van der Waals surface area contributed by atoms with Crippen molar-refractivity contribution in [3.8, 4) is 0 Å². The summed E-state index contributed by atoms with van der Waals surface area (Å²) in [6.45, 7) is 0. The van der Waals surface area contributed by atoms with Crippen molar-refractivity contribution in [3.05, 3.63) is 35.9 Å². The van der Waals surface area contributed by atoms with Gasteiger partial charge in [0.25, 0.3) is 0 Å². The Morgan fingerprint density at radius 3 is 1.94 bits per heavy atom. The zero-order valence-corrected chi connectivity index (χ0v) is 9.91. The van der Waals surface area contributed by atoms with Gasteiger partial charge in [-0.1, -0.05) is 43.2 Å². The summed E-state index contributed by atoms with van der Waals surface area (Å²) in [4.78, 5) is 0. The van der Waals surface area contributed by atoms with Crippen LogP contribution in [0.25, 0.3) is 0 Å². The molecule has 0 saturated heterocycles. The summed E-state index contributed by atoms with van der Waals surface area (Å²) in [5.41, 5.74) is 8.57. The SMILES string of the molecule is NC1(C2(c3ccccc3)CCCC2)CCC1. The van der Waals surface area contributed by atoms with Crippen molar-refractivity contribution in [2.45, 2.75) is 55.9 Å². The van der Waals surface area contributed by atoms with E-state index >= 15 is 0 Å². The molecule has 2 saturated carbocycles. The van der Waals surface area contributed by atoms with Gasteiger partial charge in [-0.3, -0.25) is 0 Å². The van der Waals surface area contributed by atoms with Crippen LogP contribution in [0.15, 0.2) is 30.3 Å². The number of benzene rings is 1. The maximum atomic E-state index is 6.68. The average Bonchev–Trinajstić information content (AvgIpc) is 2.78. The van der Waals surface area contributed by atoms with Crippen molar-refractivity contribution in [3.63, 3.8) is 0 Å². The fraction of sp³-hybridized carbons (Fsp3) is 0.600. The topological polar surface area (TPSA) is 26.0 Å². The Labute approximate surface area is 98.0 Å². The first-order valence-corrected chi connectivity index (χ1v) is 6.61. The Kier molecular flexibility index (Phi) is 2.32. The maximum absolute atomic E-state index is 6.68. The van der Waals surface area contributed by atoms with Gasteiger partial charge in [0.15, 0.2) is 0 Å². The molecule has 0 radical (unpaired) electrons. The average molecular weight is 215 g/mol. The van der Waals surface area contributed by atoms with Gasteiger partial charge < -0.3 is 5.73 Å². The molecule has 2 fully saturated rings. The highest BCUT2D eigenvalue weighted by Gasteiger charge is 2.53. The normalized spacial score (nSPS) is 26.3. The molecular formula is C15H21N. The fourth-order valence-electron chi connectivity index (χ4n) is 3.85. The molecule has 2 aliphatic rings. The first-order chi connectivity index (χ1) is 7.77. The minimum Gasteiger partial charge on any atom is -0.324 e. The molecule has 1 heteroatoms. The maximum Gasteiger partial charge on any atom is 0.0252 e. The summed E-state index contributed by atoms with van der Waals surface area (Å²) < 4.78 is 0. The zero-order valence-electron chi connectivity index (χ0n) is 9.91. The van der Waals surface area contributed by atoms with Gasteiger partial charge in [-0.2, -0.15) is 0 Å². The Balaban J connectivity index is 2.03. The van der Waals surface area contributed by atoms with Crippen LogP contribution in [0.5, 0.6) is 0 Å². The lowest BCUT2D eigenvalue weighted by Crippen LogP contribution is -2.61. The van der Waals surface area contributed by atoms with E-state index in [1.807, 2.05) is 0 Å². The lowest BCUT2D eigenvalue weighted by atomic mass is 9.56. The molecule has 0 amide bonds. The van der Waals surface area contributed by atoms with Gasteiger partial charge in [-0.05, 0) is 37.7 Å². The fourth-order valence-corrected chi connectivity index (χ4v) is 3.85. The molecule has 2 N–H and O–H groups in total. The van der Waals surface area contributed by atoms with E-state index < -0.39 is 0 Å². The first-order valence-electron chi connectivity index (χ1n) is 6.61. The molecule has 0 unspecified atom stereocenters. The molecule has 0 aliphatic heterocycles. The largest absolute Gasteiger partial charge is 0.324 e. The minimum atomic E-state index is 0.102. The first kappa shape index (κ1) is 10.3. The van der Waals surface area contributed by atoms with Gasteiger partial charge in [-0.25, -0.2) is 0 Å². The molecule has 16 heavy (non-hydrogen) atoms. The Hall–Kier alpha value is -0.820. The molecule has 0 heterocycles. The summed E-state index contributed by atoms with van der Waals surface area (Å²) >= 11 is 0.